The normalized spacial score (nSPS) is 12.2. The van der Waals surface area contributed by atoms with E-state index in [2.05, 4.69) is 17.9 Å². The number of benzene rings is 1. The van der Waals surface area contributed by atoms with Crippen LogP contribution in [0.15, 0.2) is 30.3 Å². The van der Waals surface area contributed by atoms with Gasteiger partial charge in [-0.2, -0.15) is 17.7 Å². The average molecular weight is 298 g/mol. The number of thiol groups is 1. The third-order valence-corrected chi connectivity index (χ3v) is 3.00. The fourth-order valence-corrected chi connectivity index (χ4v) is 2.00. The molecule has 0 aromatic heterocycles. The number of nitrogens with one attached hydrogen (secondary N) is 1. The summed E-state index contributed by atoms with van der Waals surface area (Å²) in [6.07, 6.45) is 0. The van der Waals surface area contributed by atoms with Crippen LogP contribution in [-0.4, -0.2) is 47.5 Å². The van der Waals surface area contributed by atoms with E-state index in [0.717, 1.165) is 5.56 Å². The molecule has 20 heavy (non-hydrogen) atoms. The van der Waals surface area contributed by atoms with E-state index >= 15 is 0 Å². The van der Waals surface area contributed by atoms with Gasteiger partial charge in [-0.25, -0.2) is 0 Å². The molecule has 0 saturated carbocycles. The molecule has 1 atom stereocenters. The van der Waals surface area contributed by atoms with Gasteiger partial charge in [-0.05, 0) is 5.56 Å². The molecule has 110 valence electrons. The van der Waals surface area contributed by atoms with E-state index in [0.29, 0.717) is 6.54 Å². The molecule has 0 spiro atoms. The van der Waals surface area contributed by atoms with Crippen molar-refractivity contribution in [3.63, 3.8) is 0 Å². The summed E-state index contributed by atoms with van der Waals surface area (Å²) >= 11 is 4.13. The van der Waals surface area contributed by atoms with Gasteiger partial charge in [-0.1, -0.05) is 30.3 Å². The largest absolute Gasteiger partial charge is 0.480 e. The van der Waals surface area contributed by atoms with Crippen molar-refractivity contribution in [2.24, 2.45) is 0 Å². The second-order valence-electron chi connectivity index (χ2n) is 4.05. The van der Waals surface area contributed by atoms with Crippen molar-refractivity contribution >= 4 is 24.5 Å². The number of aliphatic carboxylic acids is 1. The molecule has 0 bridgehead atoms. The zero-order valence-corrected chi connectivity index (χ0v) is 12.0. The number of carbonyl (C=O) groups is 2. The lowest BCUT2D eigenvalue weighted by molar-refractivity contribution is -0.174. The fraction of sp³-hybridized carbons (Fsp3) is 0.385. The maximum absolute atomic E-state index is 11.9. The fourth-order valence-electron chi connectivity index (χ4n) is 1.65. The van der Waals surface area contributed by atoms with E-state index in [4.69, 9.17) is 9.94 Å². The minimum Gasteiger partial charge on any atom is -0.480 e. The van der Waals surface area contributed by atoms with E-state index in [9.17, 15) is 9.59 Å². The first-order valence-electron chi connectivity index (χ1n) is 6.03. The van der Waals surface area contributed by atoms with E-state index in [1.807, 2.05) is 30.3 Å². The molecule has 1 aromatic rings. The van der Waals surface area contributed by atoms with E-state index in [-0.39, 0.29) is 5.75 Å². The van der Waals surface area contributed by atoms with Gasteiger partial charge in [-0.15, -0.1) is 0 Å². The molecule has 1 unspecified atom stereocenters. The van der Waals surface area contributed by atoms with Gasteiger partial charge in [0.1, 0.15) is 12.6 Å². The summed E-state index contributed by atoms with van der Waals surface area (Å²) in [5, 5.41) is 12.4. The van der Waals surface area contributed by atoms with Crippen LogP contribution in [0, 0.1) is 0 Å². The van der Waals surface area contributed by atoms with Crippen molar-refractivity contribution in [2.75, 3.05) is 19.4 Å². The first-order chi connectivity index (χ1) is 9.58. The summed E-state index contributed by atoms with van der Waals surface area (Å²) < 4.78 is 0. The molecule has 1 amide bonds. The number of carboxylic acids is 1. The van der Waals surface area contributed by atoms with Gasteiger partial charge in [0, 0.05) is 5.75 Å². The van der Waals surface area contributed by atoms with Gasteiger partial charge >= 0.3 is 5.97 Å². The van der Waals surface area contributed by atoms with Crippen molar-refractivity contribution in [1.29, 1.82) is 0 Å². The van der Waals surface area contributed by atoms with Gasteiger partial charge in [0.05, 0.1) is 13.7 Å². The summed E-state index contributed by atoms with van der Waals surface area (Å²) in [7, 11) is 1.46. The van der Waals surface area contributed by atoms with Crippen molar-refractivity contribution in [1.82, 2.24) is 10.4 Å². The molecule has 0 aliphatic rings. The van der Waals surface area contributed by atoms with Crippen molar-refractivity contribution in [2.45, 2.75) is 12.6 Å². The van der Waals surface area contributed by atoms with Crippen LogP contribution in [0.25, 0.3) is 0 Å². The molecular formula is C13H18N2O4S. The highest BCUT2D eigenvalue weighted by atomic mass is 32.1. The molecule has 7 heteroatoms. The molecule has 1 aromatic carbocycles. The molecule has 0 aliphatic carbocycles. The van der Waals surface area contributed by atoms with Crippen LogP contribution in [0.2, 0.25) is 0 Å². The van der Waals surface area contributed by atoms with Gasteiger partial charge in [0.15, 0.2) is 0 Å². The summed E-state index contributed by atoms with van der Waals surface area (Å²) in [6, 6.07) is 8.85. The number of hydroxylamine groups is 2. The Hall–Kier alpha value is -1.57. The Morgan fingerprint density at radius 3 is 2.55 bits per heavy atom. The zero-order valence-electron chi connectivity index (χ0n) is 11.2. The first kappa shape index (κ1) is 16.5. The predicted octanol–water partition coefficient (Wildman–Crippen LogP) is 0.549. The highest BCUT2D eigenvalue weighted by Crippen LogP contribution is 2.10. The van der Waals surface area contributed by atoms with E-state index in [1.54, 1.807) is 0 Å². The summed E-state index contributed by atoms with van der Waals surface area (Å²) in [5.41, 5.74) is 0.979. The molecule has 1 rings (SSSR count). The third kappa shape index (κ3) is 5.20. The van der Waals surface area contributed by atoms with Crippen LogP contribution in [0.1, 0.15) is 5.56 Å². The number of carbonyl (C=O) groups excluding carboxylic acids is 1. The van der Waals surface area contributed by atoms with Gasteiger partial charge < -0.3 is 15.3 Å². The van der Waals surface area contributed by atoms with Crippen LogP contribution in [0.5, 0.6) is 0 Å². The van der Waals surface area contributed by atoms with Crippen LogP contribution >= 0.6 is 12.6 Å². The quantitative estimate of drug-likeness (QED) is 0.482. The molecule has 6 nitrogen and oxygen atoms in total. The van der Waals surface area contributed by atoms with Crippen LogP contribution in [0.4, 0.5) is 0 Å². The summed E-state index contributed by atoms with van der Waals surface area (Å²) in [4.78, 5) is 27.6. The van der Waals surface area contributed by atoms with E-state index in [1.165, 1.54) is 12.2 Å². The standard InChI is InChI=1S/C13H18N2O4S/c1-19-15(8-10-5-3-2-4-6-10)11(9-20)13(18)14-7-12(16)17/h2-6,11,20H,7-9H2,1H3,(H,14,18)(H,16,17). The first-order valence-corrected chi connectivity index (χ1v) is 6.66. The highest BCUT2D eigenvalue weighted by Gasteiger charge is 2.25. The molecule has 0 aliphatic heterocycles. The Morgan fingerprint density at radius 1 is 1.40 bits per heavy atom. The second-order valence-corrected chi connectivity index (χ2v) is 4.42. The number of amides is 1. The van der Waals surface area contributed by atoms with Crippen molar-refractivity contribution < 1.29 is 19.5 Å². The Kier molecular flexibility index (Phi) is 7.06. The lowest BCUT2D eigenvalue weighted by Crippen LogP contribution is -2.48. The lowest BCUT2D eigenvalue weighted by Gasteiger charge is -2.27. The molecule has 0 heterocycles. The molecule has 2 N–H and O–H groups in total. The lowest BCUT2D eigenvalue weighted by atomic mass is 10.2. The molecule has 0 radical (unpaired) electrons. The summed E-state index contributed by atoms with van der Waals surface area (Å²) in [6.45, 7) is -0.0188. The number of nitrogens with zero attached hydrogens (tertiary/aromatic N) is 1. The zero-order chi connectivity index (χ0) is 15.0. The van der Waals surface area contributed by atoms with Crippen LogP contribution in [-0.2, 0) is 21.0 Å². The van der Waals surface area contributed by atoms with Crippen molar-refractivity contribution in [3.05, 3.63) is 35.9 Å². The predicted molar refractivity (Wildman–Crippen MR) is 77.3 cm³/mol. The number of hydrogen-bond acceptors (Lipinski definition) is 5. The Morgan fingerprint density at radius 2 is 2.05 bits per heavy atom. The smallest absolute Gasteiger partial charge is 0.322 e. The van der Waals surface area contributed by atoms with Gasteiger partial charge in [0.25, 0.3) is 0 Å². The highest BCUT2D eigenvalue weighted by molar-refractivity contribution is 7.80. The average Bonchev–Trinajstić information content (AvgIpc) is 2.45. The monoisotopic (exact) mass is 298 g/mol. The number of hydrogen-bond donors (Lipinski definition) is 3. The summed E-state index contributed by atoms with van der Waals surface area (Å²) in [5.74, 6) is -1.31. The Bertz CT molecular complexity index is 441. The number of rotatable bonds is 8. The Labute approximate surface area is 123 Å². The molecule has 0 fully saturated rings. The minimum absolute atomic E-state index is 0.214. The number of carboxylic acid groups (broad SMARTS) is 1. The second kappa shape index (κ2) is 8.57. The van der Waals surface area contributed by atoms with Crippen LogP contribution in [0.3, 0.4) is 0 Å². The third-order valence-electron chi connectivity index (χ3n) is 2.65. The maximum atomic E-state index is 11.9. The molecular weight excluding hydrogens is 280 g/mol. The maximum Gasteiger partial charge on any atom is 0.322 e. The van der Waals surface area contributed by atoms with Crippen LogP contribution < -0.4 is 5.32 Å². The minimum atomic E-state index is -1.09. The Balaban J connectivity index is 2.69. The van der Waals surface area contributed by atoms with Gasteiger partial charge in [0.2, 0.25) is 5.91 Å². The SMILES string of the molecule is CON(Cc1ccccc1)C(CS)C(=O)NCC(=O)O. The van der Waals surface area contributed by atoms with Crippen molar-refractivity contribution in [3.8, 4) is 0 Å². The van der Waals surface area contributed by atoms with Gasteiger partial charge in [-0.3, -0.25) is 9.59 Å². The topological polar surface area (TPSA) is 78.9 Å². The molecule has 0 saturated heterocycles. The van der Waals surface area contributed by atoms with E-state index < -0.39 is 24.5 Å².